The van der Waals surface area contributed by atoms with Crippen molar-refractivity contribution in [1.29, 1.82) is 0 Å². The maximum Gasteiger partial charge on any atom is 0.418 e. The summed E-state index contributed by atoms with van der Waals surface area (Å²) in [5.74, 6) is -2.85. The van der Waals surface area contributed by atoms with Gasteiger partial charge in [-0.1, -0.05) is 54.3 Å². The highest BCUT2D eigenvalue weighted by Gasteiger charge is 2.80. The van der Waals surface area contributed by atoms with Gasteiger partial charge in [-0.15, -0.1) is 0 Å². The SMILES string of the molecule is COC(=O)c1cc(Br)cc([C@@]2(C)N=C(N(COCC[Si](C)(C)C)C(=O)OC(C)(C)C)S[C@@]3(C(=O)O)CC32C)c1F. The molecule has 1 saturated carbocycles. The number of halogens is 2. The van der Waals surface area contributed by atoms with Crippen molar-refractivity contribution >= 4 is 59.0 Å². The van der Waals surface area contributed by atoms with E-state index < -0.39 is 53.2 Å². The van der Waals surface area contributed by atoms with E-state index >= 15 is 4.39 Å². The van der Waals surface area contributed by atoms with E-state index in [-0.39, 0.29) is 29.4 Å². The summed E-state index contributed by atoms with van der Waals surface area (Å²) >= 11 is 4.28. The maximum atomic E-state index is 16.0. The highest BCUT2D eigenvalue weighted by Crippen LogP contribution is 2.75. The highest BCUT2D eigenvalue weighted by atomic mass is 79.9. The number of aliphatic imine (C=N–C) groups is 1. The Morgan fingerprint density at radius 1 is 1.23 bits per heavy atom. The summed E-state index contributed by atoms with van der Waals surface area (Å²) in [6.07, 6.45) is -0.606. The molecule has 13 heteroatoms. The molecule has 3 atom stereocenters. The lowest BCUT2D eigenvalue weighted by Crippen LogP contribution is -2.49. The molecular weight excluding hydrogens is 623 g/mol. The lowest BCUT2D eigenvalue weighted by molar-refractivity contribution is -0.138. The van der Waals surface area contributed by atoms with Crippen LogP contribution in [-0.4, -0.2) is 72.1 Å². The summed E-state index contributed by atoms with van der Waals surface area (Å²) in [4.78, 5) is 44.6. The Morgan fingerprint density at radius 2 is 1.85 bits per heavy atom. The molecule has 0 spiro atoms. The molecule has 0 bridgehead atoms. The number of carbonyl (C=O) groups is 3. The predicted octanol–water partition coefficient (Wildman–Crippen LogP) is 6.48. The van der Waals surface area contributed by atoms with Crippen molar-refractivity contribution < 1.29 is 38.1 Å². The van der Waals surface area contributed by atoms with Crippen LogP contribution in [0.15, 0.2) is 21.6 Å². The van der Waals surface area contributed by atoms with Gasteiger partial charge in [0.15, 0.2) is 5.17 Å². The number of amidine groups is 1. The van der Waals surface area contributed by atoms with Crippen molar-refractivity contribution in [2.75, 3.05) is 20.4 Å². The molecule has 0 aromatic heterocycles. The van der Waals surface area contributed by atoms with Gasteiger partial charge in [0.05, 0.1) is 18.2 Å². The fourth-order valence-corrected chi connectivity index (χ4v) is 7.59. The zero-order chi connectivity index (χ0) is 30.5. The summed E-state index contributed by atoms with van der Waals surface area (Å²) in [7, 11) is -0.280. The average molecular weight is 662 g/mol. The molecule has 1 aliphatic heterocycles. The van der Waals surface area contributed by atoms with Crippen molar-refractivity contribution in [2.24, 2.45) is 10.4 Å². The monoisotopic (exact) mass is 660 g/mol. The first-order valence-corrected chi connectivity index (χ1v) is 18.2. The van der Waals surface area contributed by atoms with Gasteiger partial charge in [-0.25, -0.2) is 23.9 Å². The summed E-state index contributed by atoms with van der Waals surface area (Å²) in [5, 5.41) is 10.4. The quantitative estimate of drug-likeness (QED) is 0.146. The Morgan fingerprint density at radius 3 is 2.38 bits per heavy atom. The molecule has 1 fully saturated rings. The standard InChI is InChI=1S/C27H38BrFN2O7SSi/c1-24(2,3)38-23(35)31(15-37-10-11-40(7,8)9)22-30-26(5,25(4)14-27(25,39-22)21(33)34)18-13-16(28)12-17(19(18)29)20(32)36-6/h12-13H,10-11,14-15H2,1-9H3,(H,33,34)/t25?,26-,27-/m1/s1. The maximum absolute atomic E-state index is 16.0. The van der Waals surface area contributed by atoms with E-state index in [1.807, 2.05) is 0 Å². The van der Waals surface area contributed by atoms with E-state index in [4.69, 9.17) is 19.2 Å². The molecule has 0 radical (unpaired) electrons. The Hall–Kier alpha value is -1.96. The summed E-state index contributed by atoms with van der Waals surface area (Å²) in [6.45, 7) is 15.3. The number of methoxy groups -OCH3 is 1. The third kappa shape index (κ3) is 6.12. The first kappa shape index (κ1) is 32.6. The van der Waals surface area contributed by atoms with Crippen LogP contribution in [0.2, 0.25) is 25.7 Å². The smallest absolute Gasteiger partial charge is 0.418 e. The molecule has 0 saturated heterocycles. The number of esters is 1. The van der Waals surface area contributed by atoms with Crippen LogP contribution in [0.4, 0.5) is 9.18 Å². The topological polar surface area (TPSA) is 115 Å². The second-order valence-electron chi connectivity index (χ2n) is 12.8. The van der Waals surface area contributed by atoms with E-state index in [1.54, 1.807) is 34.6 Å². The molecule has 1 unspecified atom stereocenters. The molecule has 9 nitrogen and oxygen atoms in total. The summed E-state index contributed by atoms with van der Waals surface area (Å²) < 4.78 is 31.3. The molecule has 40 heavy (non-hydrogen) atoms. The normalized spacial score (nSPS) is 25.9. The van der Waals surface area contributed by atoms with E-state index in [9.17, 15) is 19.5 Å². The Balaban J connectivity index is 2.18. The van der Waals surface area contributed by atoms with Gasteiger partial charge in [0.1, 0.15) is 22.9 Å². The minimum absolute atomic E-state index is 0.00879. The molecule has 1 amide bonds. The van der Waals surface area contributed by atoms with E-state index in [0.29, 0.717) is 11.1 Å². The molecule has 1 heterocycles. The minimum atomic E-state index is -1.48. The number of carboxylic acids is 1. The van der Waals surface area contributed by atoms with Crippen LogP contribution in [-0.2, 0) is 24.5 Å². The van der Waals surface area contributed by atoms with Crippen LogP contribution in [0.3, 0.4) is 0 Å². The van der Waals surface area contributed by atoms with Gasteiger partial charge >= 0.3 is 18.0 Å². The molecule has 2 aliphatic rings. The van der Waals surface area contributed by atoms with Gasteiger partial charge in [-0.2, -0.15) is 0 Å². The second kappa shape index (κ2) is 11.0. The Kier molecular flexibility index (Phi) is 8.98. The number of fused-ring (bicyclic) bond motifs is 1. The van der Waals surface area contributed by atoms with Gasteiger partial charge < -0.3 is 19.3 Å². The Labute approximate surface area is 248 Å². The van der Waals surface area contributed by atoms with E-state index in [2.05, 4.69) is 35.6 Å². The number of hydrogen-bond acceptors (Lipinski definition) is 8. The highest BCUT2D eigenvalue weighted by molar-refractivity contribution is 9.10. The van der Waals surface area contributed by atoms with Gasteiger partial charge in [0.25, 0.3) is 0 Å². The van der Waals surface area contributed by atoms with Crippen LogP contribution in [0.5, 0.6) is 0 Å². The molecule has 1 aliphatic carbocycles. The third-order valence-electron chi connectivity index (χ3n) is 7.40. The van der Waals surface area contributed by atoms with Crippen LogP contribution >= 0.6 is 27.7 Å². The molecule has 1 N–H and O–H groups in total. The largest absolute Gasteiger partial charge is 0.480 e. The van der Waals surface area contributed by atoms with Gasteiger partial charge in [0, 0.05) is 30.1 Å². The molecule has 1 aromatic rings. The summed E-state index contributed by atoms with van der Waals surface area (Å²) in [6, 6.07) is 3.63. The number of aliphatic carboxylic acids is 1. The first-order valence-electron chi connectivity index (χ1n) is 12.9. The number of hydrogen-bond donors (Lipinski definition) is 1. The van der Waals surface area contributed by atoms with Crippen LogP contribution in [0.1, 0.15) is 57.0 Å². The average Bonchev–Trinajstić information content (AvgIpc) is 3.46. The molecule has 1 aromatic carbocycles. The van der Waals surface area contributed by atoms with Crippen LogP contribution in [0, 0.1) is 11.2 Å². The zero-order valence-corrected chi connectivity index (χ0v) is 27.8. The number of ether oxygens (including phenoxy) is 3. The van der Waals surface area contributed by atoms with Crippen molar-refractivity contribution in [3.63, 3.8) is 0 Å². The van der Waals surface area contributed by atoms with Crippen LogP contribution < -0.4 is 0 Å². The predicted molar refractivity (Wildman–Crippen MR) is 158 cm³/mol. The van der Waals surface area contributed by atoms with E-state index in [1.165, 1.54) is 17.0 Å². The zero-order valence-electron chi connectivity index (χ0n) is 24.4. The number of benzene rings is 1. The fraction of sp³-hybridized carbons (Fsp3) is 0.630. The number of amides is 1. The number of rotatable bonds is 8. The summed E-state index contributed by atoms with van der Waals surface area (Å²) in [5.41, 5.74) is -3.68. The van der Waals surface area contributed by atoms with Crippen molar-refractivity contribution in [3.8, 4) is 0 Å². The lowest BCUT2D eigenvalue weighted by atomic mass is 9.75. The second-order valence-corrected chi connectivity index (χ2v) is 20.6. The minimum Gasteiger partial charge on any atom is -0.480 e. The Bertz CT molecular complexity index is 1250. The number of carboxylic acid groups (broad SMARTS) is 1. The van der Waals surface area contributed by atoms with Gasteiger partial charge in [0.2, 0.25) is 0 Å². The lowest BCUT2D eigenvalue weighted by Gasteiger charge is -2.42. The van der Waals surface area contributed by atoms with Crippen molar-refractivity contribution in [1.82, 2.24) is 4.90 Å². The molecule has 222 valence electrons. The number of nitrogens with zero attached hydrogens (tertiary/aromatic N) is 2. The first-order chi connectivity index (χ1) is 18.2. The van der Waals surface area contributed by atoms with Crippen molar-refractivity contribution in [2.45, 2.75) is 82.6 Å². The molecule has 3 rings (SSSR count). The van der Waals surface area contributed by atoms with Crippen molar-refractivity contribution in [3.05, 3.63) is 33.5 Å². The number of thioether (sulfide) groups is 1. The van der Waals surface area contributed by atoms with E-state index in [0.717, 1.165) is 24.9 Å². The fourth-order valence-electron chi connectivity index (χ4n) is 4.73. The van der Waals surface area contributed by atoms with Gasteiger partial charge in [-0.05, 0) is 52.3 Å². The number of carbonyl (C=O) groups excluding carboxylic acids is 2. The molecular formula is C27H38BrFN2O7SSi. The van der Waals surface area contributed by atoms with Crippen LogP contribution in [0.25, 0.3) is 0 Å². The van der Waals surface area contributed by atoms with Gasteiger partial charge in [-0.3, -0.25) is 4.79 Å². The third-order valence-corrected chi connectivity index (χ3v) is 11.2.